The van der Waals surface area contributed by atoms with Crippen LogP contribution in [0.1, 0.15) is 29.9 Å². The predicted octanol–water partition coefficient (Wildman–Crippen LogP) is 2.71. The Balaban J connectivity index is 2.37. The molecule has 0 N–H and O–H groups in total. The molecule has 0 bridgehead atoms. The number of halogens is 1. The van der Waals surface area contributed by atoms with E-state index in [2.05, 4.69) is 15.9 Å². The molecule has 1 saturated carbocycles. The third-order valence-corrected chi connectivity index (χ3v) is 3.70. The monoisotopic (exact) mass is 273 g/mol. The Hall–Kier alpha value is -0.190. The highest BCUT2D eigenvalue weighted by atomic mass is 79.9. The van der Waals surface area contributed by atoms with Crippen LogP contribution in [0.2, 0.25) is 0 Å². The molecule has 0 saturated heterocycles. The molecule has 0 amide bonds. The van der Waals surface area contributed by atoms with Crippen molar-refractivity contribution in [2.45, 2.75) is 24.5 Å². The molecule has 0 aromatic heterocycles. The van der Waals surface area contributed by atoms with Gasteiger partial charge in [-0.2, -0.15) is 0 Å². The summed E-state index contributed by atoms with van der Waals surface area (Å²) in [6, 6.07) is 5.90. The van der Waals surface area contributed by atoms with E-state index in [4.69, 9.17) is 0 Å². The van der Waals surface area contributed by atoms with E-state index in [9.17, 15) is 8.76 Å². The van der Waals surface area contributed by atoms with Gasteiger partial charge >= 0.3 is 0 Å². The van der Waals surface area contributed by atoms with Gasteiger partial charge in [-0.05, 0) is 36.0 Å². The summed E-state index contributed by atoms with van der Waals surface area (Å²) in [7, 11) is 0. The van der Waals surface area contributed by atoms with E-state index in [1.807, 2.05) is 18.2 Å². The van der Waals surface area contributed by atoms with E-state index in [0.29, 0.717) is 5.92 Å². The van der Waals surface area contributed by atoms with Gasteiger partial charge in [-0.3, -0.25) is 4.21 Å². The highest BCUT2D eigenvalue weighted by Crippen LogP contribution is 2.43. The van der Waals surface area contributed by atoms with Crippen LogP contribution >= 0.6 is 15.9 Å². The van der Waals surface area contributed by atoms with Crippen molar-refractivity contribution in [3.8, 4) is 0 Å². The van der Waals surface area contributed by atoms with Gasteiger partial charge in [0.05, 0.1) is 0 Å². The Morgan fingerprint density at radius 3 is 2.79 bits per heavy atom. The minimum Gasteiger partial charge on any atom is -0.772 e. The van der Waals surface area contributed by atoms with Crippen LogP contribution < -0.4 is 0 Å². The molecule has 2 nitrogen and oxygen atoms in total. The molecule has 2 rings (SSSR count). The average Bonchev–Trinajstić information content (AvgIpc) is 2.90. The Bertz CT molecular complexity index is 374. The number of rotatable bonds is 3. The lowest BCUT2D eigenvalue weighted by molar-refractivity contribution is 0.536. The zero-order valence-corrected chi connectivity index (χ0v) is 9.94. The summed E-state index contributed by atoms with van der Waals surface area (Å²) in [6.45, 7) is 0. The smallest absolute Gasteiger partial charge is 0.0367 e. The SMILES string of the molecule is O=S([O-])Cc1c(Br)cccc1C1CC1. The van der Waals surface area contributed by atoms with E-state index >= 15 is 0 Å². The summed E-state index contributed by atoms with van der Waals surface area (Å²) in [5.41, 5.74) is 2.13. The molecule has 0 aliphatic heterocycles. The predicted molar refractivity (Wildman–Crippen MR) is 58.7 cm³/mol. The fourth-order valence-electron chi connectivity index (χ4n) is 1.62. The second-order valence-corrected chi connectivity index (χ2v) is 5.28. The van der Waals surface area contributed by atoms with Crippen molar-refractivity contribution < 1.29 is 8.76 Å². The first-order chi connectivity index (χ1) is 6.68. The summed E-state index contributed by atoms with van der Waals surface area (Å²) in [4.78, 5) is 0. The first-order valence-electron chi connectivity index (χ1n) is 4.51. The maximum absolute atomic E-state index is 10.7. The molecule has 0 heterocycles. The third-order valence-electron chi connectivity index (χ3n) is 2.43. The van der Waals surface area contributed by atoms with Crippen LogP contribution in [0.4, 0.5) is 0 Å². The van der Waals surface area contributed by atoms with Gasteiger partial charge in [0, 0.05) is 10.2 Å². The Morgan fingerprint density at radius 2 is 2.21 bits per heavy atom. The molecule has 1 fully saturated rings. The lowest BCUT2D eigenvalue weighted by atomic mass is 10.1. The van der Waals surface area contributed by atoms with Crippen LogP contribution in [-0.4, -0.2) is 8.76 Å². The average molecular weight is 274 g/mol. The van der Waals surface area contributed by atoms with Gasteiger partial charge in [0.1, 0.15) is 0 Å². The zero-order chi connectivity index (χ0) is 10.1. The van der Waals surface area contributed by atoms with Crippen LogP contribution in [-0.2, 0) is 16.8 Å². The van der Waals surface area contributed by atoms with E-state index in [0.717, 1.165) is 10.0 Å². The highest BCUT2D eigenvalue weighted by molar-refractivity contribution is 9.10. The van der Waals surface area contributed by atoms with Crippen molar-refractivity contribution in [1.29, 1.82) is 0 Å². The van der Waals surface area contributed by atoms with Crippen LogP contribution in [0.15, 0.2) is 22.7 Å². The van der Waals surface area contributed by atoms with Gasteiger partial charge in [0.15, 0.2) is 0 Å². The second kappa shape index (κ2) is 4.13. The standard InChI is InChI=1S/C10H11BrO2S/c11-10-3-1-2-8(7-4-5-7)9(10)6-14(12)13/h1-3,7H,4-6H2,(H,12,13)/p-1. The lowest BCUT2D eigenvalue weighted by Gasteiger charge is -2.12. The lowest BCUT2D eigenvalue weighted by Crippen LogP contribution is -1.99. The van der Waals surface area contributed by atoms with E-state index in [1.165, 1.54) is 18.4 Å². The largest absolute Gasteiger partial charge is 0.772 e. The molecule has 76 valence electrons. The molecule has 1 aliphatic carbocycles. The molecule has 1 aliphatic rings. The third kappa shape index (κ3) is 2.24. The summed E-state index contributed by atoms with van der Waals surface area (Å²) in [5.74, 6) is 0.707. The van der Waals surface area contributed by atoms with Crippen molar-refractivity contribution in [3.05, 3.63) is 33.8 Å². The van der Waals surface area contributed by atoms with Crippen molar-refractivity contribution in [1.82, 2.24) is 0 Å². The Morgan fingerprint density at radius 1 is 1.50 bits per heavy atom. The second-order valence-electron chi connectivity index (χ2n) is 3.53. The van der Waals surface area contributed by atoms with Gasteiger partial charge in [0.2, 0.25) is 0 Å². The molecular formula is C10H10BrO2S-. The topological polar surface area (TPSA) is 40.1 Å². The maximum atomic E-state index is 10.7. The first-order valence-corrected chi connectivity index (χ1v) is 6.55. The summed E-state index contributed by atoms with van der Waals surface area (Å²) in [5, 5.41) is 0. The van der Waals surface area contributed by atoms with Gasteiger partial charge in [-0.1, -0.05) is 39.1 Å². The molecule has 1 aromatic carbocycles. The zero-order valence-electron chi connectivity index (χ0n) is 7.53. The van der Waals surface area contributed by atoms with Crippen LogP contribution in [0.3, 0.4) is 0 Å². The Kier molecular flexibility index (Phi) is 3.04. The number of hydrogen-bond donors (Lipinski definition) is 0. The van der Waals surface area contributed by atoms with E-state index < -0.39 is 11.1 Å². The van der Waals surface area contributed by atoms with Crippen molar-refractivity contribution in [3.63, 3.8) is 0 Å². The first kappa shape index (κ1) is 10.3. The maximum Gasteiger partial charge on any atom is 0.0367 e. The molecule has 1 atom stereocenters. The summed E-state index contributed by atoms with van der Waals surface area (Å²) in [6.07, 6.45) is 2.38. The molecule has 4 heteroatoms. The number of hydrogen-bond acceptors (Lipinski definition) is 2. The molecule has 0 spiro atoms. The number of benzene rings is 1. The molecular weight excluding hydrogens is 264 g/mol. The van der Waals surface area contributed by atoms with E-state index in [1.54, 1.807) is 0 Å². The fourth-order valence-corrected chi connectivity index (χ4v) is 2.89. The van der Waals surface area contributed by atoms with Gasteiger partial charge in [-0.25, -0.2) is 0 Å². The minimum atomic E-state index is -2.01. The normalized spacial score (nSPS) is 18.1. The van der Waals surface area contributed by atoms with Crippen LogP contribution in [0.25, 0.3) is 0 Å². The minimum absolute atomic E-state index is 0.118. The van der Waals surface area contributed by atoms with Crippen molar-refractivity contribution in [2.75, 3.05) is 0 Å². The molecule has 14 heavy (non-hydrogen) atoms. The summed E-state index contributed by atoms with van der Waals surface area (Å²) < 4.78 is 22.3. The molecule has 1 aromatic rings. The van der Waals surface area contributed by atoms with Gasteiger partial charge in [-0.15, -0.1) is 0 Å². The quantitative estimate of drug-likeness (QED) is 0.795. The Labute approximate surface area is 94.1 Å². The van der Waals surface area contributed by atoms with Crippen molar-refractivity contribution >= 4 is 27.0 Å². The van der Waals surface area contributed by atoms with Gasteiger partial charge in [0.25, 0.3) is 0 Å². The van der Waals surface area contributed by atoms with Crippen molar-refractivity contribution in [2.24, 2.45) is 0 Å². The molecule has 1 unspecified atom stereocenters. The highest BCUT2D eigenvalue weighted by Gasteiger charge is 2.26. The fraction of sp³-hybridized carbons (Fsp3) is 0.400. The van der Waals surface area contributed by atoms with Gasteiger partial charge < -0.3 is 4.55 Å². The molecule has 0 radical (unpaired) electrons. The van der Waals surface area contributed by atoms with Crippen LogP contribution in [0.5, 0.6) is 0 Å². The van der Waals surface area contributed by atoms with E-state index in [-0.39, 0.29) is 5.75 Å². The van der Waals surface area contributed by atoms with Crippen LogP contribution in [0, 0.1) is 0 Å². The summed E-state index contributed by atoms with van der Waals surface area (Å²) >= 11 is 1.39.